The average Bonchev–Trinajstić information content (AvgIpc) is 2.75. The molecule has 0 saturated carbocycles. The Kier molecular flexibility index (Phi) is 6.37. The molecule has 0 aliphatic rings. The minimum atomic E-state index is -0.171. The standard InChI is InChI=1S/C23H25NO4/c1-4-20(18-10-12-21(26-2)22(14-18)27-3)24-23(25)15-28-19-11-9-16-7-5-6-8-17(16)13-19/h5-14,20H,4,15H2,1-3H3,(H,24,25)/t20-/m0/s1. The smallest absolute Gasteiger partial charge is 0.258 e. The molecule has 0 spiro atoms. The Balaban J connectivity index is 1.63. The van der Waals surface area contributed by atoms with Crippen LogP contribution in [0.25, 0.3) is 10.8 Å². The van der Waals surface area contributed by atoms with Crippen molar-refractivity contribution in [1.29, 1.82) is 0 Å². The Morgan fingerprint density at radius 2 is 1.68 bits per heavy atom. The molecule has 0 radical (unpaired) electrons. The normalized spacial score (nSPS) is 11.7. The summed E-state index contributed by atoms with van der Waals surface area (Å²) in [6.07, 6.45) is 0.747. The van der Waals surface area contributed by atoms with Gasteiger partial charge >= 0.3 is 0 Å². The van der Waals surface area contributed by atoms with Gasteiger partial charge in [0, 0.05) is 0 Å². The summed E-state index contributed by atoms with van der Waals surface area (Å²) in [5.74, 6) is 1.80. The first-order chi connectivity index (χ1) is 13.6. The zero-order valence-corrected chi connectivity index (χ0v) is 16.4. The van der Waals surface area contributed by atoms with Crippen LogP contribution in [-0.4, -0.2) is 26.7 Å². The van der Waals surface area contributed by atoms with Crippen LogP contribution < -0.4 is 19.5 Å². The lowest BCUT2D eigenvalue weighted by molar-refractivity contribution is -0.123. The van der Waals surface area contributed by atoms with E-state index in [4.69, 9.17) is 14.2 Å². The first-order valence-corrected chi connectivity index (χ1v) is 9.27. The summed E-state index contributed by atoms with van der Waals surface area (Å²) in [5.41, 5.74) is 0.958. The van der Waals surface area contributed by atoms with E-state index in [0.717, 1.165) is 22.8 Å². The summed E-state index contributed by atoms with van der Waals surface area (Å²) < 4.78 is 16.3. The van der Waals surface area contributed by atoms with Crippen LogP contribution in [0, 0.1) is 0 Å². The predicted octanol–water partition coefficient (Wildman–Crippen LogP) is 4.50. The molecule has 0 aromatic heterocycles. The lowest BCUT2D eigenvalue weighted by atomic mass is 10.0. The van der Waals surface area contributed by atoms with Crippen LogP contribution in [0.2, 0.25) is 0 Å². The third kappa shape index (κ3) is 4.55. The number of hydrogen-bond donors (Lipinski definition) is 1. The molecule has 0 bridgehead atoms. The van der Waals surface area contributed by atoms with Crippen LogP contribution in [0.4, 0.5) is 0 Å². The molecule has 0 aliphatic heterocycles. The molecule has 28 heavy (non-hydrogen) atoms. The van der Waals surface area contributed by atoms with Gasteiger partial charge in [-0.25, -0.2) is 0 Å². The van der Waals surface area contributed by atoms with Gasteiger partial charge in [0.15, 0.2) is 18.1 Å². The van der Waals surface area contributed by atoms with Crippen molar-refractivity contribution in [3.05, 3.63) is 66.2 Å². The summed E-state index contributed by atoms with van der Waals surface area (Å²) in [4.78, 5) is 12.4. The molecule has 1 atom stereocenters. The zero-order valence-electron chi connectivity index (χ0n) is 16.4. The molecule has 0 aliphatic carbocycles. The third-order valence-corrected chi connectivity index (χ3v) is 4.64. The van der Waals surface area contributed by atoms with E-state index in [1.54, 1.807) is 14.2 Å². The van der Waals surface area contributed by atoms with Gasteiger partial charge in [-0.2, -0.15) is 0 Å². The summed E-state index contributed by atoms with van der Waals surface area (Å²) in [6, 6.07) is 19.4. The van der Waals surface area contributed by atoms with E-state index in [1.807, 2.05) is 67.6 Å². The Hall–Kier alpha value is -3.21. The van der Waals surface area contributed by atoms with E-state index < -0.39 is 0 Å². The molecule has 1 N–H and O–H groups in total. The van der Waals surface area contributed by atoms with Crippen molar-refractivity contribution in [2.75, 3.05) is 20.8 Å². The van der Waals surface area contributed by atoms with Gasteiger partial charge < -0.3 is 19.5 Å². The van der Waals surface area contributed by atoms with E-state index in [1.165, 1.54) is 0 Å². The van der Waals surface area contributed by atoms with Crippen LogP contribution in [0.5, 0.6) is 17.2 Å². The lowest BCUT2D eigenvalue weighted by Crippen LogP contribution is -2.32. The highest BCUT2D eigenvalue weighted by Gasteiger charge is 2.15. The Morgan fingerprint density at radius 3 is 2.39 bits per heavy atom. The summed E-state index contributed by atoms with van der Waals surface area (Å²) in [6.45, 7) is 1.98. The number of amides is 1. The van der Waals surface area contributed by atoms with Gasteiger partial charge in [-0.05, 0) is 47.0 Å². The van der Waals surface area contributed by atoms with Crippen molar-refractivity contribution in [3.63, 3.8) is 0 Å². The maximum Gasteiger partial charge on any atom is 0.258 e. The molecule has 0 unspecified atom stereocenters. The van der Waals surface area contributed by atoms with Gasteiger partial charge in [0.05, 0.1) is 20.3 Å². The maximum atomic E-state index is 12.4. The van der Waals surface area contributed by atoms with Crippen LogP contribution >= 0.6 is 0 Å². The fourth-order valence-electron chi connectivity index (χ4n) is 3.13. The number of hydrogen-bond acceptors (Lipinski definition) is 4. The lowest BCUT2D eigenvalue weighted by Gasteiger charge is -2.19. The first-order valence-electron chi connectivity index (χ1n) is 9.27. The van der Waals surface area contributed by atoms with Crippen molar-refractivity contribution in [2.45, 2.75) is 19.4 Å². The van der Waals surface area contributed by atoms with Crippen molar-refractivity contribution in [1.82, 2.24) is 5.32 Å². The molecule has 0 fully saturated rings. The van der Waals surface area contributed by atoms with Gasteiger partial charge in [-0.3, -0.25) is 4.79 Å². The summed E-state index contributed by atoms with van der Waals surface area (Å²) >= 11 is 0. The van der Waals surface area contributed by atoms with E-state index in [0.29, 0.717) is 17.2 Å². The fourth-order valence-corrected chi connectivity index (χ4v) is 3.13. The SMILES string of the molecule is CC[C@H](NC(=O)COc1ccc2ccccc2c1)c1ccc(OC)c(OC)c1. The summed E-state index contributed by atoms with van der Waals surface area (Å²) in [5, 5.41) is 5.24. The minimum Gasteiger partial charge on any atom is -0.493 e. The number of ether oxygens (including phenoxy) is 3. The largest absolute Gasteiger partial charge is 0.493 e. The maximum absolute atomic E-state index is 12.4. The van der Waals surface area contributed by atoms with Crippen LogP contribution in [0.3, 0.4) is 0 Å². The molecule has 3 aromatic rings. The highest BCUT2D eigenvalue weighted by Crippen LogP contribution is 2.30. The highest BCUT2D eigenvalue weighted by molar-refractivity contribution is 5.84. The molecule has 3 rings (SSSR count). The van der Waals surface area contributed by atoms with Crippen molar-refractivity contribution in [2.24, 2.45) is 0 Å². The second-order valence-corrected chi connectivity index (χ2v) is 6.44. The fraction of sp³-hybridized carbons (Fsp3) is 0.261. The number of carbonyl (C=O) groups is 1. The number of rotatable bonds is 8. The zero-order chi connectivity index (χ0) is 19.9. The van der Waals surface area contributed by atoms with Crippen LogP contribution in [-0.2, 0) is 4.79 Å². The van der Waals surface area contributed by atoms with Gasteiger partial charge in [-0.15, -0.1) is 0 Å². The molecule has 0 heterocycles. The number of fused-ring (bicyclic) bond motifs is 1. The van der Waals surface area contributed by atoms with Gasteiger partial charge in [0.2, 0.25) is 0 Å². The molecular weight excluding hydrogens is 354 g/mol. The monoisotopic (exact) mass is 379 g/mol. The van der Waals surface area contributed by atoms with Crippen molar-refractivity contribution < 1.29 is 19.0 Å². The van der Waals surface area contributed by atoms with Crippen molar-refractivity contribution >= 4 is 16.7 Å². The van der Waals surface area contributed by atoms with Gasteiger partial charge in [0.25, 0.3) is 5.91 Å². The number of nitrogens with one attached hydrogen (secondary N) is 1. The quantitative estimate of drug-likeness (QED) is 0.626. The molecule has 3 aromatic carbocycles. The van der Waals surface area contributed by atoms with E-state index in [9.17, 15) is 4.79 Å². The molecule has 0 saturated heterocycles. The van der Waals surface area contributed by atoms with E-state index >= 15 is 0 Å². The van der Waals surface area contributed by atoms with Crippen LogP contribution in [0.1, 0.15) is 24.9 Å². The molecule has 5 heteroatoms. The van der Waals surface area contributed by atoms with E-state index in [2.05, 4.69) is 5.32 Å². The Morgan fingerprint density at radius 1 is 0.929 bits per heavy atom. The topological polar surface area (TPSA) is 56.8 Å². The molecule has 146 valence electrons. The molecular formula is C23H25NO4. The first kappa shape index (κ1) is 19.5. The Bertz CT molecular complexity index is 954. The van der Waals surface area contributed by atoms with E-state index in [-0.39, 0.29) is 18.6 Å². The molecule has 1 amide bonds. The summed E-state index contributed by atoms with van der Waals surface area (Å²) in [7, 11) is 3.19. The van der Waals surface area contributed by atoms with Gasteiger partial charge in [-0.1, -0.05) is 43.3 Å². The molecule has 5 nitrogen and oxygen atoms in total. The number of carbonyl (C=O) groups excluding carboxylic acids is 1. The number of methoxy groups -OCH3 is 2. The second-order valence-electron chi connectivity index (χ2n) is 6.44. The van der Waals surface area contributed by atoms with Crippen LogP contribution in [0.15, 0.2) is 60.7 Å². The highest BCUT2D eigenvalue weighted by atomic mass is 16.5. The number of benzene rings is 3. The van der Waals surface area contributed by atoms with Crippen molar-refractivity contribution in [3.8, 4) is 17.2 Å². The predicted molar refractivity (Wildman–Crippen MR) is 110 cm³/mol. The van der Waals surface area contributed by atoms with Gasteiger partial charge in [0.1, 0.15) is 5.75 Å². The minimum absolute atomic E-state index is 0.0396. The third-order valence-electron chi connectivity index (χ3n) is 4.64. The average molecular weight is 379 g/mol. The Labute approximate surface area is 165 Å². The second kappa shape index (κ2) is 9.13.